The van der Waals surface area contributed by atoms with E-state index >= 15 is 0 Å². The summed E-state index contributed by atoms with van der Waals surface area (Å²) in [6.07, 6.45) is 0. The number of halogens is 3. The molecule has 0 aliphatic heterocycles. The Morgan fingerprint density at radius 1 is 1.07 bits per heavy atom. The number of nitrogens with two attached hydrogens (primary N) is 2. The molecule has 0 amide bonds. The van der Waals surface area contributed by atoms with Gasteiger partial charge in [0.2, 0.25) is 21.9 Å². The summed E-state index contributed by atoms with van der Waals surface area (Å²) in [4.78, 5) is 16.0. The van der Waals surface area contributed by atoms with Gasteiger partial charge < -0.3 is 11.1 Å². The molecule has 3 rings (SSSR count). The minimum Gasteiger partial charge on any atom is -0.368 e. The molecule has 0 spiro atoms. The third kappa shape index (κ3) is 4.24. The van der Waals surface area contributed by atoms with E-state index in [0.29, 0.717) is 10.4 Å². The average Bonchev–Trinajstić information content (AvgIpc) is 2.94. The monoisotopic (exact) mass is 430 g/mol. The second-order valence-electron chi connectivity index (χ2n) is 5.30. The van der Waals surface area contributed by atoms with Crippen LogP contribution in [0.2, 0.25) is 0 Å². The van der Waals surface area contributed by atoms with E-state index in [-0.39, 0.29) is 23.3 Å². The summed E-state index contributed by atoms with van der Waals surface area (Å²) in [5.74, 6) is -3.80. The number of rotatable bonds is 4. The van der Waals surface area contributed by atoms with Gasteiger partial charge in [0.05, 0.1) is 4.90 Å². The predicted octanol–water partition coefficient (Wildman–Crippen LogP) is 1.64. The van der Waals surface area contributed by atoms with Gasteiger partial charge in [-0.15, -0.1) is 17.5 Å². The van der Waals surface area contributed by atoms with Crippen LogP contribution in [0.25, 0.3) is 0 Å². The quantitative estimate of drug-likeness (QED) is 0.570. The SMILES string of the molecule is Cl.Nc1nc(Nc2ccc(S(N)(=O)=O)cc2)nn1C(=O)c1c(F)cccc1F. The molecule has 28 heavy (non-hydrogen) atoms. The molecule has 9 nitrogen and oxygen atoms in total. The molecule has 0 bridgehead atoms. The zero-order valence-corrected chi connectivity index (χ0v) is 15.5. The standard InChI is InChI=1S/C15H12F2N6O3S.ClH/c16-10-2-1-3-11(17)12(10)13(24)23-14(18)21-15(22-23)20-8-4-6-9(7-5-8)27(19,25)26;/h1-7H,(H2,19,25,26)(H3,18,20,21,22);1H. The lowest BCUT2D eigenvalue weighted by atomic mass is 10.2. The smallest absolute Gasteiger partial charge is 0.287 e. The molecule has 1 aromatic heterocycles. The molecule has 0 unspecified atom stereocenters. The van der Waals surface area contributed by atoms with Crippen molar-refractivity contribution in [2.24, 2.45) is 5.14 Å². The van der Waals surface area contributed by atoms with Gasteiger partial charge >= 0.3 is 0 Å². The van der Waals surface area contributed by atoms with Crippen molar-refractivity contribution in [1.29, 1.82) is 0 Å². The summed E-state index contributed by atoms with van der Waals surface area (Å²) in [5, 5.41) is 11.5. The summed E-state index contributed by atoms with van der Waals surface area (Å²) in [6.45, 7) is 0. The second kappa shape index (κ2) is 7.88. The number of aromatic nitrogens is 3. The number of primary sulfonamides is 1. The van der Waals surface area contributed by atoms with Crippen LogP contribution in [0.4, 0.5) is 26.4 Å². The molecule has 2 aromatic carbocycles. The molecule has 0 atom stereocenters. The molecule has 5 N–H and O–H groups in total. The number of anilines is 3. The van der Waals surface area contributed by atoms with E-state index in [4.69, 9.17) is 10.9 Å². The summed E-state index contributed by atoms with van der Waals surface area (Å²) in [5.41, 5.74) is 5.15. The first-order chi connectivity index (χ1) is 12.7. The van der Waals surface area contributed by atoms with Gasteiger partial charge in [0.25, 0.3) is 5.91 Å². The van der Waals surface area contributed by atoms with Crippen LogP contribution < -0.4 is 16.2 Å². The normalized spacial score (nSPS) is 11.0. The molecule has 0 aliphatic carbocycles. The first-order valence-corrected chi connectivity index (χ1v) is 8.82. The van der Waals surface area contributed by atoms with E-state index in [1.54, 1.807) is 0 Å². The van der Waals surface area contributed by atoms with Crippen LogP contribution in [-0.4, -0.2) is 29.1 Å². The van der Waals surface area contributed by atoms with Gasteiger partial charge in [0, 0.05) is 5.69 Å². The lowest BCUT2D eigenvalue weighted by Crippen LogP contribution is -2.19. The number of hydrogen-bond acceptors (Lipinski definition) is 7. The summed E-state index contributed by atoms with van der Waals surface area (Å²) >= 11 is 0. The number of nitrogen functional groups attached to an aromatic ring is 1. The Balaban J connectivity index is 0.00000280. The maximum atomic E-state index is 13.8. The van der Waals surface area contributed by atoms with Gasteiger partial charge in [-0.25, -0.2) is 22.3 Å². The summed E-state index contributed by atoms with van der Waals surface area (Å²) < 4.78 is 50.5. The van der Waals surface area contributed by atoms with E-state index in [2.05, 4.69) is 15.4 Å². The van der Waals surface area contributed by atoms with Gasteiger partial charge in [-0.1, -0.05) is 6.07 Å². The topological polar surface area (TPSA) is 146 Å². The number of benzene rings is 2. The Labute approximate surface area is 163 Å². The fraction of sp³-hybridized carbons (Fsp3) is 0. The number of nitrogens with one attached hydrogen (secondary N) is 1. The Morgan fingerprint density at radius 3 is 2.18 bits per heavy atom. The van der Waals surface area contributed by atoms with Gasteiger partial charge in [-0.05, 0) is 36.4 Å². The molecule has 0 radical (unpaired) electrons. The van der Waals surface area contributed by atoms with Crippen LogP contribution in [0.1, 0.15) is 10.4 Å². The minimum atomic E-state index is -3.84. The van der Waals surface area contributed by atoms with Gasteiger partial charge in [-0.2, -0.15) is 9.67 Å². The van der Waals surface area contributed by atoms with Crippen LogP contribution in [0, 0.1) is 11.6 Å². The lowest BCUT2D eigenvalue weighted by Gasteiger charge is -2.04. The summed E-state index contributed by atoms with van der Waals surface area (Å²) in [6, 6.07) is 8.23. The number of sulfonamides is 1. The predicted molar refractivity (Wildman–Crippen MR) is 98.9 cm³/mol. The van der Waals surface area contributed by atoms with E-state index in [1.807, 2.05) is 0 Å². The van der Waals surface area contributed by atoms with Gasteiger partial charge in [0.1, 0.15) is 17.2 Å². The van der Waals surface area contributed by atoms with Gasteiger partial charge in [0.15, 0.2) is 0 Å². The van der Waals surface area contributed by atoms with Crippen LogP contribution >= 0.6 is 12.4 Å². The molecule has 0 saturated carbocycles. The van der Waals surface area contributed by atoms with Crippen molar-refractivity contribution in [3.63, 3.8) is 0 Å². The maximum Gasteiger partial charge on any atom is 0.287 e. The molecule has 13 heteroatoms. The first-order valence-electron chi connectivity index (χ1n) is 7.28. The zero-order valence-electron chi connectivity index (χ0n) is 13.8. The highest BCUT2D eigenvalue weighted by molar-refractivity contribution is 7.89. The Kier molecular flexibility index (Phi) is 5.97. The zero-order chi connectivity index (χ0) is 19.8. The van der Waals surface area contributed by atoms with Crippen LogP contribution in [-0.2, 0) is 10.0 Å². The number of hydrogen-bond donors (Lipinski definition) is 3. The van der Waals surface area contributed by atoms with Crippen molar-refractivity contribution in [3.8, 4) is 0 Å². The van der Waals surface area contributed by atoms with E-state index in [9.17, 15) is 22.0 Å². The Bertz CT molecular complexity index is 1110. The maximum absolute atomic E-state index is 13.8. The van der Waals surface area contributed by atoms with Crippen LogP contribution in [0.15, 0.2) is 47.4 Å². The fourth-order valence-corrected chi connectivity index (χ4v) is 2.71. The van der Waals surface area contributed by atoms with Crippen LogP contribution in [0.5, 0.6) is 0 Å². The number of carbonyl (C=O) groups is 1. The molecule has 0 fully saturated rings. The highest BCUT2D eigenvalue weighted by Gasteiger charge is 2.23. The van der Waals surface area contributed by atoms with Crippen molar-refractivity contribution >= 4 is 45.9 Å². The second-order valence-corrected chi connectivity index (χ2v) is 6.86. The van der Waals surface area contributed by atoms with Crippen molar-refractivity contribution in [2.45, 2.75) is 4.90 Å². The molecular formula is C15H13ClF2N6O3S. The largest absolute Gasteiger partial charge is 0.368 e. The van der Waals surface area contributed by atoms with E-state index < -0.39 is 39.1 Å². The average molecular weight is 431 g/mol. The van der Waals surface area contributed by atoms with Gasteiger partial charge in [-0.3, -0.25) is 4.79 Å². The van der Waals surface area contributed by atoms with Crippen molar-refractivity contribution in [2.75, 3.05) is 11.1 Å². The lowest BCUT2D eigenvalue weighted by molar-refractivity contribution is 0.0939. The molecular weight excluding hydrogens is 418 g/mol. The highest BCUT2D eigenvalue weighted by Crippen LogP contribution is 2.19. The molecule has 148 valence electrons. The molecule has 0 saturated heterocycles. The number of carbonyl (C=O) groups excluding carboxylic acids is 1. The van der Waals surface area contributed by atoms with Crippen LogP contribution in [0.3, 0.4) is 0 Å². The molecule has 1 heterocycles. The third-order valence-corrected chi connectivity index (χ3v) is 4.37. The molecule has 3 aromatic rings. The summed E-state index contributed by atoms with van der Waals surface area (Å²) in [7, 11) is -3.84. The Hall–Kier alpha value is -3.09. The Morgan fingerprint density at radius 2 is 1.64 bits per heavy atom. The minimum absolute atomic E-state index is 0. The van der Waals surface area contributed by atoms with E-state index in [0.717, 1.165) is 18.2 Å². The third-order valence-electron chi connectivity index (χ3n) is 3.44. The van der Waals surface area contributed by atoms with Crippen molar-refractivity contribution in [1.82, 2.24) is 14.8 Å². The van der Waals surface area contributed by atoms with Crippen molar-refractivity contribution in [3.05, 3.63) is 59.7 Å². The van der Waals surface area contributed by atoms with Crippen molar-refractivity contribution < 1.29 is 22.0 Å². The first kappa shape index (κ1) is 21.2. The highest BCUT2D eigenvalue weighted by atomic mass is 35.5. The number of nitrogens with zero attached hydrogens (tertiary/aromatic N) is 3. The fourth-order valence-electron chi connectivity index (χ4n) is 2.19. The molecule has 0 aliphatic rings. The van der Waals surface area contributed by atoms with E-state index in [1.165, 1.54) is 24.3 Å².